The Hall–Kier alpha value is -2.98. The summed E-state index contributed by atoms with van der Waals surface area (Å²) < 4.78 is 5.01. The minimum absolute atomic E-state index is 0.0752. The third kappa shape index (κ3) is 5.33. The molecule has 4 rings (SSSR count). The first kappa shape index (κ1) is 23.2. The number of ether oxygens (including phenoxy) is 1. The molecule has 33 heavy (non-hydrogen) atoms. The van der Waals surface area contributed by atoms with Crippen molar-refractivity contribution in [1.29, 1.82) is 0 Å². The molecule has 1 aromatic carbocycles. The third-order valence-corrected chi connectivity index (χ3v) is 7.44. The number of nitrogens with zero attached hydrogens (tertiary/aromatic N) is 3. The lowest BCUT2D eigenvalue weighted by Gasteiger charge is -2.35. The van der Waals surface area contributed by atoms with Crippen LogP contribution in [0.25, 0.3) is 0 Å². The van der Waals surface area contributed by atoms with E-state index in [1.807, 2.05) is 0 Å². The molecule has 1 N–H and O–H groups in total. The quantitative estimate of drug-likeness (QED) is 0.297. The number of methoxy groups -OCH3 is 1. The highest BCUT2D eigenvalue weighted by Crippen LogP contribution is 2.38. The average Bonchev–Trinajstić information content (AvgIpc) is 2.98. The van der Waals surface area contributed by atoms with Crippen LogP contribution in [-0.2, 0) is 22.4 Å². The van der Waals surface area contributed by atoms with Crippen LogP contribution in [0.4, 0.5) is 16.4 Å². The smallest absolute Gasteiger partial charge is 0.341 e. The highest BCUT2D eigenvalue weighted by atomic mass is 32.1. The molecular formula is C23H28N4O5S. The van der Waals surface area contributed by atoms with Gasteiger partial charge in [0.25, 0.3) is 5.69 Å². The van der Waals surface area contributed by atoms with Gasteiger partial charge < -0.3 is 15.0 Å². The molecule has 0 spiro atoms. The molecule has 2 aromatic rings. The van der Waals surface area contributed by atoms with Crippen LogP contribution in [0.1, 0.15) is 40.1 Å². The fraction of sp³-hybridized carbons (Fsp3) is 0.478. The number of anilines is 2. The van der Waals surface area contributed by atoms with E-state index in [4.69, 9.17) is 4.74 Å². The van der Waals surface area contributed by atoms with Gasteiger partial charge in [-0.25, -0.2) is 4.79 Å². The number of aryl methyl sites for hydroxylation is 1. The van der Waals surface area contributed by atoms with Crippen LogP contribution in [-0.4, -0.2) is 61.5 Å². The number of benzene rings is 1. The summed E-state index contributed by atoms with van der Waals surface area (Å²) in [6.45, 7) is 3.11. The Kier molecular flexibility index (Phi) is 7.24. The van der Waals surface area contributed by atoms with Crippen molar-refractivity contribution in [3.63, 3.8) is 0 Å². The van der Waals surface area contributed by atoms with Gasteiger partial charge in [0, 0.05) is 48.9 Å². The van der Waals surface area contributed by atoms with Crippen molar-refractivity contribution in [2.24, 2.45) is 0 Å². The molecule has 176 valence electrons. The number of rotatable bonds is 6. The Labute approximate surface area is 196 Å². The highest BCUT2D eigenvalue weighted by Gasteiger charge is 2.27. The molecule has 0 atom stereocenters. The monoisotopic (exact) mass is 472 g/mol. The number of amides is 1. The molecular weight excluding hydrogens is 444 g/mol. The maximum atomic E-state index is 12.8. The largest absolute Gasteiger partial charge is 0.465 e. The van der Waals surface area contributed by atoms with E-state index in [-0.39, 0.29) is 24.1 Å². The molecule has 1 aliphatic heterocycles. The van der Waals surface area contributed by atoms with Gasteiger partial charge in [0.2, 0.25) is 5.91 Å². The zero-order valence-electron chi connectivity index (χ0n) is 18.7. The predicted octanol–water partition coefficient (Wildman–Crippen LogP) is 3.47. The zero-order chi connectivity index (χ0) is 23.4. The van der Waals surface area contributed by atoms with E-state index >= 15 is 0 Å². The lowest BCUT2D eigenvalue weighted by molar-refractivity contribution is -0.384. The summed E-state index contributed by atoms with van der Waals surface area (Å²) in [5.41, 5.74) is 2.57. The van der Waals surface area contributed by atoms with Crippen LogP contribution in [0.15, 0.2) is 24.3 Å². The number of carbonyl (C=O) groups is 2. The van der Waals surface area contributed by atoms with Gasteiger partial charge in [-0.05, 0) is 43.4 Å². The van der Waals surface area contributed by atoms with Gasteiger partial charge in [0.05, 0.1) is 24.1 Å². The molecule has 1 amide bonds. The van der Waals surface area contributed by atoms with E-state index < -0.39 is 4.92 Å². The van der Waals surface area contributed by atoms with Crippen LogP contribution < -0.4 is 10.2 Å². The third-order valence-electron chi connectivity index (χ3n) is 6.23. The van der Waals surface area contributed by atoms with Crippen LogP contribution in [0.5, 0.6) is 0 Å². The second-order valence-corrected chi connectivity index (χ2v) is 9.45. The zero-order valence-corrected chi connectivity index (χ0v) is 19.5. The summed E-state index contributed by atoms with van der Waals surface area (Å²) in [4.78, 5) is 41.1. The van der Waals surface area contributed by atoms with Gasteiger partial charge in [0.15, 0.2) is 0 Å². The molecule has 0 bridgehead atoms. The number of hydrogen-bond donors (Lipinski definition) is 1. The number of nitro groups is 1. The van der Waals surface area contributed by atoms with E-state index in [0.29, 0.717) is 23.7 Å². The number of hydrogen-bond acceptors (Lipinski definition) is 8. The standard InChI is InChI=1S/C23H28N4O5S/c1-32-23(29)21-18-5-3-2-4-6-19(18)33-22(21)24-20(28)15-25-11-13-26(14-12-25)16-7-9-17(10-8-16)27(30)31/h7-10H,2-6,11-15H2,1H3,(H,24,28). The summed E-state index contributed by atoms with van der Waals surface area (Å²) in [7, 11) is 1.37. The number of piperazine rings is 1. The molecule has 1 fully saturated rings. The van der Waals surface area contributed by atoms with Crippen LogP contribution in [0, 0.1) is 10.1 Å². The predicted molar refractivity (Wildman–Crippen MR) is 127 cm³/mol. The Morgan fingerprint density at radius 3 is 2.45 bits per heavy atom. The fourth-order valence-electron chi connectivity index (χ4n) is 4.47. The van der Waals surface area contributed by atoms with E-state index in [1.165, 1.54) is 35.5 Å². The fourth-order valence-corrected chi connectivity index (χ4v) is 5.76. The van der Waals surface area contributed by atoms with E-state index in [0.717, 1.165) is 56.4 Å². The number of esters is 1. The second-order valence-electron chi connectivity index (χ2n) is 8.35. The number of non-ortho nitro benzene ring substituents is 1. The molecule has 9 nitrogen and oxygen atoms in total. The highest BCUT2D eigenvalue weighted by molar-refractivity contribution is 7.17. The molecule has 1 saturated heterocycles. The normalized spacial score (nSPS) is 16.6. The lowest BCUT2D eigenvalue weighted by Crippen LogP contribution is -2.48. The number of thiophene rings is 1. The Balaban J connectivity index is 1.35. The van der Waals surface area contributed by atoms with E-state index in [9.17, 15) is 19.7 Å². The van der Waals surface area contributed by atoms with Crippen molar-refractivity contribution in [2.45, 2.75) is 32.1 Å². The summed E-state index contributed by atoms with van der Waals surface area (Å²) in [6, 6.07) is 6.54. The van der Waals surface area contributed by atoms with Gasteiger partial charge in [-0.1, -0.05) is 6.42 Å². The molecule has 1 aromatic heterocycles. The van der Waals surface area contributed by atoms with Gasteiger partial charge >= 0.3 is 5.97 Å². The molecule has 0 saturated carbocycles. The summed E-state index contributed by atoms with van der Waals surface area (Å²) in [5, 5.41) is 14.4. The molecule has 0 radical (unpaired) electrons. The van der Waals surface area contributed by atoms with Crippen molar-refractivity contribution in [1.82, 2.24) is 4.90 Å². The molecule has 1 aliphatic carbocycles. The van der Waals surface area contributed by atoms with Gasteiger partial charge in [-0.15, -0.1) is 11.3 Å². The molecule has 0 unspecified atom stereocenters. The number of nitrogens with one attached hydrogen (secondary N) is 1. The van der Waals surface area contributed by atoms with Crippen molar-refractivity contribution in [3.05, 3.63) is 50.4 Å². The topological polar surface area (TPSA) is 105 Å². The summed E-state index contributed by atoms with van der Waals surface area (Å²) in [6.07, 6.45) is 5.07. The van der Waals surface area contributed by atoms with Gasteiger partial charge in [0.1, 0.15) is 5.00 Å². The van der Waals surface area contributed by atoms with E-state index in [1.54, 1.807) is 12.1 Å². The van der Waals surface area contributed by atoms with Crippen molar-refractivity contribution < 1.29 is 19.2 Å². The minimum Gasteiger partial charge on any atom is -0.465 e. The first-order chi connectivity index (χ1) is 16.0. The van der Waals surface area contributed by atoms with Crippen LogP contribution >= 0.6 is 11.3 Å². The van der Waals surface area contributed by atoms with Crippen molar-refractivity contribution in [3.8, 4) is 0 Å². The maximum absolute atomic E-state index is 12.8. The first-order valence-electron chi connectivity index (χ1n) is 11.2. The van der Waals surface area contributed by atoms with Crippen molar-refractivity contribution in [2.75, 3.05) is 50.1 Å². The lowest BCUT2D eigenvalue weighted by atomic mass is 10.1. The Bertz CT molecular complexity index is 1030. The van der Waals surface area contributed by atoms with Gasteiger partial charge in [-0.2, -0.15) is 0 Å². The molecule has 10 heteroatoms. The van der Waals surface area contributed by atoms with Crippen molar-refractivity contribution >= 4 is 39.6 Å². The Morgan fingerprint density at radius 2 is 1.79 bits per heavy atom. The second kappa shape index (κ2) is 10.3. The first-order valence-corrected chi connectivity index (χ1v) is 12.0. The molecule has 2 heterocycles. The Morgan fingerprint density at radius 1 is 1.09 bits per heavy atom. The van der Waals surface area contributed by atoms with Crippen LogP contribution in [0.2, 0.25) is 0 Å². The summed E-state index contributed by atoms with van der Waals surface area (Å²) in [5.74, 6) is -0.526. The number of carbonyl (C=O) groups excluding carboxylic acids is 2. The van der Waals surface area contributed by atoms with Gasteiger partial charge in [-0.3, -0.25) is 19.8 Å². The average molecular weight is 473 g/mol. The minimum atomic E-state index is -0.405. The number of nitro benzene ring substituents is 1. The summed E-state index contributed by atoms with van der Waals surface area (Å²) >= 11 is 1.50. The molecule has 2 aliphatic rings. The number of fused-ring (bicyclic) bond motifs is 1. The van der Waals surface area contributed by atoms with E-state index in [2.05, 4.69) is 15.1 Å². The SMILES string of the molecule is COC(=O)c1c(NC(=O)CN2CCN(c3ccc([N+](=O)[O-])cc3)CC2)sc2c1CCCCC2. The van der Waals surface area contributed by atoms with Crippen LogP contribution in [0.3, 0.4) is 0 Å². The maximum Gasteiger partial charge on any atom is 0.341 e.